The number of aromatic nitrogens is 2. The van der Waals surface area contributed by atoms with Gasteiger partial charge in [0.05, 0.1) is 30.6 Å². The Bertz CT molecular complexity index is 931. The van der Waals surface area contributed by atoms with Crippen molar-refractivity contribution in [3.63, 3.8) is 0 Å². The normalized spacial score (nSPS) is 15.0. The Labute approximate surface area is 165 Å². The molecule has 146 valence electrons. The van der Waals surface area contributed by atoms with Gasteiger partial charge in [0.15, 0.2) is 0 Å². The van der Waals surface area contributed by atoms with Crippen LogP contribution in [-0.4, -0.2) is 53.2 Å². The van der Waals surface area contributed by atoms with E-state index in [9.17, 15) is 4.79 Å². The zero-order valence-electron chi connectivity index (χ0n) is 16.0. The van der Waals surface area contributed by atoms with Crippen molar-refractivity contribution in [1.29, 1.82) is 0 Å². The van der Waals surface area contributed by atoms with Gasteiger partial charge in [0.2, 0.25) is 5.91 Å². The van der Waals surface area contributed by atoms with Crippen LogP contribution in [0.2, 0.25) is 0 Å². The highest BCUT2D eigenvalue weighted by Gasteiger charge is 2.12. The van der Waals surface area contributed by atoms with Crippen LogP contribution in [0.4, 0.5) is 0 Å². The molecule has 1 N–H and O–H groups in total. The number of benzene rings is 2. The highest BCUT2D eigenvalue weighted by Crippen LogP contribution is 2.15. The van der Waals surface area contributed by atoms with E-state index in [2.05, 4.69) is 44.0 Å². The fourth-order valence-electron chi connectivity index (χ4n) is 3.54. The predicted molar refractivity (Wildman–Crippen MR) is 109 cm³/mol. The average molecular weight is 378 g/mol. The number of para-hydroxylation sites is 2. The fourth-order valence-corrected chi connectivity index (χ4v) is 3.54. The summed E-state index contributed by atoms with van der Waals surface area (Å²) >= 11 is 0. The standard InChI is InChI=1S/C22H26N4O2/c27-22(8-9-25-10-12-28-13-11-25)23-15-18-4-3-5-19(14-18)16-26-17-24-20-6-1-2-7-21(20)26/h1-7,14,17H,8-13,15-16H2,(H,23,27). The zero-order valence-corrected chi connectivity index (χ0v) is 16.0. The number of nitrogens with one attached hydrogen (secondary N) is 1. The molecule has 0 unspecified atom stereocenters. The summed E-state index contributed by atoms with van der Waals surface area (Å²) in [6.07, 6.45) is 2.41. The number of carbonyl (C=O) groups excluding carboxylic acids is 1. The highest BCUT2D eigenvalue weighted by molar-refractivity contribution is 5.76. The first-order valence-corrected chi connectivity index (χ1v) is 9.82. The second kappa shape index (κ2) is 8.99. The molecule has 2 heterocycles. The summed E-state index contributed by atoms with van der Waals surface area (Å²) in [6, 6.07) is 16.5. The smallest absolute Gasteiger partial charge is 0.221 e. The van der Waals surface area contributed by atoms with Gasteiger partial charge in [-0.15, -0.1) is 0 Å². The van der Waals surface area contributed by atoms with Gasteiger partial charge in [-0.3, -0.25) is 9.69 Å². The molecule has 6 nitrogen and oxygen atoms in total. The number of nitrogens with zero attached hydrogens (tertiary/aromatic N) is 3. The number of ether oxygens (including phenoxy) is 1. The van der Waals surface area contributed by atoms with Crippen LogP contribution in [0.1, 0.15) is 17.5 Å². The van der Waals surface area contributed by atoms with Crippen molar-refractivity contribution in [2.45, 2.75) is 19.5 Å². The largest absolute Gasteiger partial charge is 0.379 e. The molecule has 1 amide bonds. The minimum atomic E-state index is 0.0949. The van der Waals surface area contributed by atoms with Gasteiger partial charge in [0.1, 0.15) is 0 Å². The van der Waals surface area contributed by atoms with E-state index in [0.717, 1.165) is 56.0 Å². The van der Waals surface area contributed by atoms with E-state index in [1.165, 1.54) is 5.56 Å². The fraction of sp³-hybridized carbons (Fsp3) is 0.364. The number of imidazole rings is 1. The number of hydrogen-bond donors (Lipinski definition) is 1. The molecular formula is C22H26N4O2. The van der Waals surface area contributed by atoms with E-state index in [0.29, 0.717) is 13.0 Å². The van der Waals surface area contributed by atoms with Crippen molar-refractivity contribution >= 4 is 16.9 Å². The lowest BCUT2D eigenvalue weighted by Gasteiger charge is -2.26. The van der Waals surface area contributed by atoms with E-state index in [1.54, 1.807) is 0 Å². The lowest BCUT2D eigenvalue weighted by molar-refractivity contribution is -0.121. The number of amides is 1. The van der Waals surface area contributed by atoms with Crippen molar-refractivity contribution in [1.82, 2.24) is 19.8 Å². The average Bonchev–Trinajstić information content (AvgIpc) is 3.15. The van der Waals surface area contributed by atoms with Gasteiger partial charge in [-0.2, -0.15) is 0 Å². The van der Waals surface area contributed by atoms with Crippen molar-refractivity contribution in [3.05, 3.63) is 66.0 Å². The SMILES string of the molecule is O=C(CCN1CCOCC1)NCc1cccc(Cn2cnc3ccccc32)c1. The monoisotopic (exact) mass is 378 g/mol. The van der Waals surface area contributed by atoms with Crippen molar-refractivity contribution in [2.24, 2.45) is 0 Å². The minimum absolute atomic E-state index is 0.0949. The first kappa shape index (κ1) is 18.7. The Balaban J connectivity index is 1.30. The van der Waals surface area contributed by atoms with Crippen LogP contribution in [0.3, 0.4) is 0 Å². The van der Waals surface area contributed by atoms with Crippen LogP contribution in [-0.2, 0) is 22.6 Å². The Morgan fingerprint density at radius 1 is 1.07 bits per heavy atom. The van der Waals surface area contributed by atoms with Crippen LogP contribution in [0, 0.1) is 0 Å². The number of morpholine rings is 1. The predicted octanol–water partition coefficient (Wildman–Crippen LogP) is 2.42. The van der Waals surface area contributed by atoms with Crippen molar-refractivity contribution in [3.8, 4) is 0 Å². The molecular weight excluding hydrogens is 352 g/mol. The first-order chi connectivity index (χ1) is 13.8. The summed E-state index contributed by atoms with van der Waals surface area (Å²) in [5, 5.41) is 3.04. The van der Waals surface area contributed by atoms with Crippen molar-refractivity contribution < 1.29 is 9.53 Å². The maximum Gasteiger partial charge on any atom is 0.221 e. The van der Waals surface area contributed by atoms with E-state index < -0.39 is 0 Å². The molecule has 1 aromatic heterocycles. The Hall–Kier alpha value is -2.70. The number of fused-ring (bicyclic) bond motifs is 1. The van der Waals surface area contributed by atoms with E-state index in [4.69, 9.17) is 4.74 Å². The van der Waals surface area contributed by atoms with Gasteiger partial charge < -0.3 is 14.6 Å². The summed E-state index contributed by atoms with van der Waals surface area (Å²) in [4.78, 5) is 18.9. The second-order valence-corrected chi connectivity index (χ2v) is 7.16. The topological polar surface area (TPSA) is 59.4 Å². The van der Waals surface area contributed by atoms with Gasteiger partial charge in [-0.05, 0) is 23.3 Å². The second-order valence-electron chi connectivity index (χ2n) is 7.16. The molecule has 1 aliphatic heterocycles. The quantitative estimate of drug-likeness (QED) is 0.686. The highest BCUT2D eigenvalue weighted by atomic mass is 16.5. The molecule has 0 radical (unpaired) electrons. The van der Waals surface area contributed by atoms with Crippen LogP contribution in [0.15, 0.2) is 54.9 Å². The molecule has 1 aliphatic rings. The Morgan fingerprint density at radius 3 is 2.79 bits per heavy atom. The third kappa shape index (κ3) is 4.77. The Kier molecular flexibility index (Phi) is 5.99. The van der Waals surface area contributed by atoms with Gasteiger partial charge in [-0.1, -0.05) is 36.4 Å². The van der Waals surface area contributed by atoms with Gasteiger partial charge >= 0.3 is 0 Å². The summed E-state index contributed by atoms with van der Waals surface area (Å²) in [7, 11) is 0. The number of carbonyl (C=O) groups is 1. The summed E-state index contributed by atoms with van der Waals surface area (Å²) < 4.78 is 7.48. The molecule has 1 saturated heterocycles. The molecule has 3 aromatic rings. The molecule has 0 aliphatic carbocycles. The molecule has 1 fully saturated rings. The van der Waals surface area contributed by atoms with Crippen LogP contribution in [0.25, 0.3) is 11.0 Å². The van der Waals surface area contributed by atoms with Crippen LogP contribution < -0.4 is 5.32 Å². The molecule has 28 heavy (non-hydrogen) atoms. The molecule has 0 spiro atoms. The molecule has 4 rings (SSSR count). The van der Waals surface area contributed by atoms with Gasteiger partial charge in [0.25, 0.3) is 0 Å². The molecule has 0 atom stereocenters. The van der Waals surface area contributed by atoms with Crippen molar-refractivity contribution in [2.75, 3.05) is 32.8 Å². The summed E-state index contributed by atoms with van der Waals surface area (Å²) in [5.74, 6) is 0.0949. The minimum Gasteiger partial charge on any atom is -0.379 e. The molecule has 2 aromatic carbocycles. The third-order valence-corrected chi connectivity index (χ3v) is 5.12. The Morgan fingerprint density at radius 2 is 1.89 bits per heavy atom. The zero-order chi connectivity index (χ0) is 19.2. The van der Waals surface area contributed by atoms with Crippen LogP contribution >= 0.6 is 0 Å². The maximum atomic E-state index is 12.2. The molecule has 0 bridgehead atoms. The van der Waals surface area contributed by atoms with Crippen LogP contribution in [0.5, 0.6) is 0 Å². The number of rotatable bonds is 7. The lowest BCUT2D eigenvalue weighted by atomic mass is 10.1. The van der Waals surface area contributed by atoms with E-state index >= 15 is 0 Å². The van der Waals surface area contributed by atoms with E-state index in [1.807, 2.05) is 30.6 Å². The summed E-state index contributed by atoms with van der Waals surface area (Å²) in [5.41, 5.74) is 4.44. The maximum absolute atomic E-state index is 12.2. The first-order valence-electron chi connectivity index (χ1n) is 9.82. The third-order valence-electron chi connectivity index (χ3n) is 5.12. The van der Waals surface area contributed by atoms with Gasteiger partial charge in [0, 0.05) is 39.1 Å². The molecule has 6 heteroatoms. The molecule has 0 saturated carbocycles. The van der Waals surface area contributed by atoms with E-state index in [-0.39, 0.29) is 5.91 Å². The number of hydrogen-bond acceptors (Lipinski definition) is 4. The summed E-state index contributed by atoms with van der Waals surface area (Å²) in [6.45, 7) is 5.47. The lowest BCUT2D eigenvalue weighted by Crippen LogP contribution is -2.38. The van der Waals surface area contributed by atoms with Gasteiger partial charge in [-0.25, -0.2) is 4.98 Å².